The quantitative estimate of drug-likeness (QED) is 0.862. The Balaban J connectivity index is 1.84. The van der Waals surface area contributed by atoms with E-state index in [-0.39, 0.29) is 6.09 Å². The molecule has 116 valence electrons. The van der Waals surface area contributed by atoms with Crippen molar-refractivity contribution >= 4 is 11.8 Å². The number of nitrogens with two attached hydrogens (primary N) is 1. The average molecular weight is 291 g/mol. The molecule has 0 aromatic heterocycles. The van der Waals surface area contributed by atoms with E-state index in [0.717, 1.165) is 38.3 Å². The lowest BCUT2D eigenvalue weighted by Crippen LogP contribution is -2.51. The van der Waals surface area contributed by atoms with E-state index >= 15 is 0 Å². The van der Waals surface area contributed by atoms with Gasteiger partial charge in [0, 0.05) is 37.9 Å². The number of piperazine rings is 1. The topological polar surface area (TPSA) is 58.8 Å². The van der Waals surface area contributed by atoms with Crippen molar-refractivity contribution in [3.63, 3.8) is 0 Å². The summed E-state index contributed by atoms with van der Waals surface area (Å²) in [5.74, 6) is 0. The Morgan fingerprint density at radius 3 is 2.57 bits per heavy atom. The predicted molar refractivity (Wildman–Crippen MR) is 84.2 cm³/mol. The van der Waals surface area contributed by atoms with Gasteiger partial charge in [-0.2, -0.15) is 0 Å². The summed E-state index contributed by atoms with van der Waals surface area (Å²) in [4.78, 5) is 15.9. The van der Waals surface area contributed by atoms with Crippen molar-refractivity contribution in [2.24, 2.45) is 0 Å². The fourth-order valence-corrected chi connectivity index (χ4v) is 2.73. The molecular formula is C16H25N3O2. The molecule has 21 heavy (non-hydrogen) atoms. The van der Waals surface area contributed by atoms with Crippen molar-refractivity contribution in [3.05, 3.63) is 29.8 Å². The molecular weight excluding hydrogens is 266 g/mol. The first-order valence-electron chi connectivity index (χ1n) is 7.61. The number of carbonyl (C=O) groups is 1. The number of ether oxygens (including phenoxy) is 1. The smallest absolute Gasteiger partial charge is 0.409 e. The van der Waals surface area contributed by atoms with Crippen LogP contribution in [0.5, 0.6) is 0 Å². The molecule has 1 aromatic carbocycles. The average Bonchev–Trinajstić information content (AvgIpc) is 2.50. The third-order valence-corrected chi connectivity index (χ3v) is 4.03. The van der Waals surface area contributed by atoms with Crippen molar-refractivity contribution in [1.82, 2.24) is 9.80 Å². The summed E-state index contributed by atoms with van der Waals surface area (Å²) < 4.78 is 5.04. The van der Waals surface area contributed by atoms with Crippen LogP contribution in [-0.4, -0.2) is 54.7 Å². The zero-order chi connectivity index (χ0) is 15.2. The van der Waals surface area contributed by atoms with Crippen LogP contribution in [0.25, 0.3) is 0 Å². The Morgan fingerprint density at radius 2 is 1.95 bits per heavy atom. The van der Waals surface area contributed by atoms with Gasteiger partial charge in [-0.05, 0) is 31.9 Å². The van der Waals surface area contributed by atoms with Gasteiger partial charge in [-0.25, -0.2) is 4.79 Å². The first kappa shape index (κ1) is 15.6. The van der Waals surface area contributed by atoms with Gasteiger partial charge in [0.25, 0.3) is 0 Å². The van der Waals surface area contributed by atoms with E-state index in [1.165, 1.54) is 5.56 Å². The normalized spacial score (nSPS) is 17.5. The van der Waals surface area contributed by atoms with Gasteiger partial charge in [0.05, 0.1) is 6.61 Å². The number of carbonyl (C=O) groups excluding carboxylic acids is 1. The highest BCUT2D eigenvalue weighted by atomic mass is 16.6. The van der Waals surface area contributed by atoms with Crippen molar-refractivity contribution in [1.29, 1.82) is 0 Å². The molecule has 0 bridgehead atoms. The van der Waals surface area contributed by atoms with E-state index in [4.69, 9.17) is 10.5 Å². The van der Waals surface area contributed by atoms with Crippen molar-refractivity contribution in [2.45, 2.75) is 26.3 Å². The minimum absolute atomic E-state index is 0.197. The Labute approximate surface area is 126 Å². The Morgan fingerprint density at radius 1 is 1.29 bits per heavy atom. The molecule has 1 amide bonds. The van der Waals surface area contributed by atoms with Crippen molar-refractivity contribution in [2.75, 3.05) is 38.5 Å². The summed E-state index contributed by atoms with van der Waals surface area (Å²) in [6, 6.07) is 8.43. The summed E-state index contributed by atoms with van der Waals surface area (Å²) in [7, 11) is 0. The number of amides is 1. The maximum atomic E-state index is 11.7. The zero-order valence-electron chi connectivity index (χ0n) is 12.9. The van der Waals surface area contributed by atoms with Crippen LogP contribution in [0.4, 0.5) is 10.5 Å². The number of para-hydroxylation sites is 1. The van der Waals surface area contributed by atoms with Crippen molar-refractivity contribution < 1.29 is 9.53 Å². The van der Waals surface area contributed by atoms with Crippen LogP contribution in [0, 0.1) is 0 Å². The van der Waals surface area contributed by atoms with Gasteiger partial charge in [0.15, 0.2) is 0 Å². The molecule has 0 spiro atoms. The van der Waals surface area contributed by atoms with Gasteiger partial charge < -0.3 is 15.4 Å². The predicted octanol–water partition coefficient (Wildman–Crippen LogP) is 1.97. The molecule has 1 saturated heterocycles. The van der Waals surface area contributed by atoms with Crippen LogP contribution in [-0.2, 0) is 11.2 Å². The summed E-state index contributed by atoms with van der Waals surface area (Å²) in [6.07, 6.45) is 0.739. The van der Waals surface area contributed by atoms with Gasteiger partial charge in [0.1, 0.15) is 0 Å². The molecule has 1 aliphatic heterocycles. The van der Waals surface area contributed by atoms with E-state index in [2.05, 4.69) is 17.9 Å². The molecule has 1 unspecified atom stereocenters. The summed E-state index contributed by atoms with van der Waals surface area (Å²) in [5, 5.41) is 0. The number of rotatable bonds is 4. The standard InChI is InChI=1S/C16H25N3O2/c1-3-21-16(20)19-10-8-18(9-11-19)13(2)12-14-6-4-5-7-15(14)17/h4-7,13H,3,8-12,17H2,1-2H3. The molecule has 2 N–H and O–H groups in total. The Kier molecular flexibility index (Phi) is 5.44. The SMILES string of the molecule is CCOC(=O)N1CCN(C(C)Cc2ccccc2N)CC1. The largest absolute Gasteiger partial charge is 0.450 e. The van der Waals surface area contributed by atoms with Gasteiger partial charge >= 0.3 is 6.09 Å². The number of hydrogen-bond acceptors (Lipinski definition) is 4. The molecule has 1 atom stereocenters. The third-order valence-electron chi connectivity index (χ3n) is 4.03. The third kappa shape index (κ3) is 4.11. The minimum atomic E-state index is -0.197. The fraction of sp³-hybridized carbons (Fsp3) is 0.562. The van der Waals surface area contributed by atoms with Crippen LogP contribution in [0.1, 0.15) is 19.4 Å². The molecule has 1 aromatic rings. The van der Waals surface area contributed by atoms with Crippen LogP contribution in [0.3, 0.4) is 0 Å². The Bertz CT molecular complexity index is 470. The number of nitrogen functional groups attached to an aromatic ring is 1. The molecule has 2 rings (SSSR count). The van der Waals surface area contributed by atoms with Gasteiger partial charge in [-0.3, -0.25) is 4.90 Å². The van der Waals surface area contributed by atoms with E-state index in [0.29, 0.717) is 12.6 Å². The van der Waals surface area contributed by atoms with E-state index in [9.17, 15) is 4.79 Å². The van der Waals surface area contributed by atoms with E-state index in [1.54, 1.807) is 4.90 Å². The number of hydrogen-bond donors (Lipinski definition) is 1. The number of nitrogens with zero attached hydrogens (tertiary/aromatic N) is 2. The van der Waals surface area contributed by atoms with Crippen LogP contribution >= 0.6 is 0 Å². The second kappa shape index (κ2) is 7.31. The summed E-state index contributed by atoms with van der Waals surface area (Å²) in [5.41, 5.74) is 8.05. The van der Waals surface area contributed by atoms with Crippen LogP contribution in [0.2, 0.25) is 0 Å². The molecule has 0 saturated carbocycles. The lowest BCUT2D eigenvalue weighted by atomic mass is 10.0. The highest BCUT2D eigenvalue weighted by Crippen LogP contribution is 2.16. The molecule has 1 aliphatic rings. The maximum Gasteiger partial charge on any atom is 0.409 e. The number of benzene rings is 1. The second-order valence-corrected chi connectivity index (χ2v) is 5.47. The Hall–Kier alpha value is -1.75. The minimum Gasteiger partial charge on any atom is -0.450 e. The molecule has 0 aliphatic carbocycles. The number of anilines is 1. The van der Waals surface area contributed by atoms with Gasteiger partial charge in [-0.1, -0.05) is 18.2 Å². The molecule has 5 nitrogen and oxygen atoms in total. The zero-order valence-corrected chi connectivity index (χ0v) is 12.9. The molecule has 0 radical (unpaired) electrons. The van der Waals surface area contributed by atoms with Crippen LogP contribution < -0.4 is 5.73 Å². The first-order valence-corrected chi connectivity index (χ1v) is 7.61. The summed E-state index contributed by atoms with van der Waals surface area (Å²) in [6.45, 7) is 7.70. The van der Waals surface area contributed by atoms with Gasteiger partial charge in [-0.15, -0.1) is 0 Å². The second-order valence-electron chi connectivity index (χ2n) is 5.47. The highest BCUT2D eigenvalue weighted by Gasteiger charge is 2.24. The summed E-state index contributed by atoms with van der Waals surface area (Å²) >= 11 is 0. The monoisotopic (exact) mass is 291 g/mol. The van der Waals surface area contributed by atoms with Gasteiger partial charge in [0.2, 0.25) is 0 Å². The van der Waals surface area contributed by atoms with Crippen LogP contribution in [0.15, 0.2) is 24.3 Å². The first-order chi connectivity index (χ1) is 10.1. The fourth-order valence-electron chi connectivity index (χ4n) is 2.73. The molecule has 1 fully saturated rings. The maximum absolute atomic E-state index is 11.7. The molecule has 5 heteroatoms. The lowest BCUT2D eigenvalue weighted by molar-refractivity contribution is 0.0687. The van der Waals surface area contributed by atoms with E-state index < -0.39 is 0 Å². The van der Waals surface area contributed by atoms with E-state index in [1.807, 2.05) is 25.1 Å². The highest BCUT2D eigenvalue weighted by molar-refractivity contribution is 5.67. The van der Waals surface area contributed by atoms with Crippen molar-refractivity contribution in [3.8, 4) is 0 Å². The lowest BCUT2D eigenvalue weighted by Gasteiger charge is -2.37. The molecule has 1 heterocycles.